The molecule has 0 radical (unpaired) electrons. The largest absolute Gasteiger partial charge is 0.383 e. The van der Waals surface area contributed by atoms with E-state index in [4.69, 9.17) is 16.3 Å². The molecule has 0 aliphatic rings. The lowest BCUT2D eigenvalue weighted by Gasteiger charge is -2.11. The molecule has 2 rings (SSSR count). The molecule has 2 aromatic rings. The molecule has 1 N–H and O–H groups in total. The van der Waals surface area contributed by atoms with Gasteiger partial charge in [-0.2, -0.15) is 5.10 Å². The fourth-order valence-corrected chi connectivity index (χ4v) is 2.02. The van der Waals surface area contributed by atoms with Gasteiger partial charge in [0, 0.05) is 32.0 Å². The van der Waals surface area contributed by atoms with Crippen molar-refractivity contribution < 1.29 is 9.13 Å². The number of halogens is 2. The van der Waals surface area contributed by atoms with E-state index >= 15 is 0 Å². The summed E-state index contributed by atoms with van der Waals surface area (Å²) in [5.41, 5.74) is 1.96. The van der Waals surface area contributed by atoms with Crippen LogP contribution in [0.1, 0.15) is 11.3 Å². The van der Waals surface area contributed by atoms with Crippen LogP contribution in [0.5, 0.6) is 0 Å². The van der Waals surface area contributed by atoms with Crippen LogP contribution < -0.4 is 5.32 Å². The Bertz CT molecular complexity index is 566. The number of methoxy groups -OCH3 is 1. The van der Waals surface area contributed by atoms with Gasteiger partial charge in [-0.25, -0.2) is 9.07 Å². The molecule has 20 heavy (non-hydrogen) atoms. The second-order valence-corrected chi connectivity index (χ2v) is 4.82. The van der Waals surface area contributed by atoms with Crippen LogP contribution in [0.4, 0.5) is 4.39 Å². The molecule has 108 valence electrons. The van der Waals surface area contributed by atoms with Crippen LogP contribution in [-0.4, -0.2) is 30.0 Å². The number of nitrogens with zero attached hydrogens (tertiary/aromatic N) is 2. The zero-order valence-corrected chi connectivity index (χ0v) is 12.2. The SMILES string of the molecule is COCCNCc1c(F)cccc1-n1cc(Cl)c(C)n1. The smallest absolute Gasteiger partial charge is 0.129 e. The number of hydrogen-bond donors (Lipinski definition) is 1. The van der Waals surface area contributed by atoms with Gasteiger partial charge in [0.05, 0.1) is 23.0 Å². The number of aromatic nitrogens is 2. The fourth-order valence-electron chi connectivity index (χ4n) is 1.89. The van der Waals surface area contributed by atoms with Gasteiger partial charge in [0.2, 0.25) is 0 Å². The zero-order chi connectivity index (χ0) is 14.5. The van der Waals surface area contributed by atoms with Crippen LogP contribution in [0.15, 0.2) is 24.4 Å². The summed E-state index contributed by atoms with van der Waals surface area (Å²) in [6, 6.07) is 4.92. The third kappa shape index (κ3) is 3.36. The highest BCUT2D eigenvalue weighted by atomic mass is 35.5. The molecule has 4 nitrogen and oxygen atoms in total. The van der Waals surface area contributed by atoms with Gasteiger partial charge in [-0.1, -0.05) is 17.7 Å². The molecule has 0 saturated carbocycles. The number of benzene rings is 1. The quantitative estimate of drug-likeness (QED) is 0.833. The van der Waals surface area contributed by atoms with Crippen molar-refractivity contribution in [2.24, 2.45) is 0 Å². The zero-order valence-electron chi connectivity index (χ0n) is 11.5. The van der Waals surface area contributed by atoms with Gasteiger partial charge in [0.15, 0.2) is 0 Å². The van der Waals surface area contributed by atoms with E-state index < -0.39 is 0 Å². The Morgan fingerprint density at radius 2 is 2.25 bits per heavy atom. The van der Waals surface area contributed by atoms with E-state index in [1.54, 1.807) is 24.1 Å². The molecule has 0 amide bonds. The lowest BCUT2D eigenvalue weighted by Crippen LogP contribution is -2.20. The summed E-state index contributed by atoms with van der Waals surface area (Å²) >= 11 is 6.01. The highest BCUT2D eigenvalue weighted by Crippen LogP contribution is 2.21. The summed E-state index contributed by atoms with van der Waals surface area (Å²) in [6.07, 6.45) is 1.68. The highest BCUT2D eigenvalue weighted by molar-refractivity contribution is 6.31. The van der Waals surface area contributed by atoms with Gasteiger partial charge in [-0.3, -0.25) is 0 Å². The topological polar surface area (TPSA) is 39.1 Å². The van der Waals surface area contributed by atoms with Crippen LogP contribution >= 0.6 is 11.6 Å². The molecular formula is C14H17ClFN3O. The predicted molar refractivity (Wildman–Crippen MR) is 76.9 cm³/mol. The van der Waals surface area contributed by atoms with E-state index in [1.165, 1.54) is 6.07 Å². The summed E-state index contributed by atoms with van der Waals surface area (Å²) < 4.78 is 20.6. The molecule has 1 aromatic heterocycles. The van der Waals surface area contributed by atoms with Crippen molar-refractivity contribution in [2.75, 3.05) is 20.3 Å². The standard InChI is InChI=1S/C14H17ClFN3O/c1-10-12(15)9-19(18-10)14-5-3-4-13(16)11(14)8-17-6-7-20-2/h3-5,9,17H,6-8H2,1-2H3. The number of nitrogens with one attached hydrogen (secondary N) is 1. The van der Waals surface area contributed by atoms with Crippen molar-refractivity contribution in [3.8, 4) is 5.69 Å². The molecule has 0 atom stereocenters. The third-order valence-electron chi connectivity index (χ3n) is 2.96. The van der Waals surface area contributed by atoms with Gasteiger partial charge < -0.3 is 10.1 Å². The van der Waals surface area contributed by atoms with Crippen LogP contribution in [-0.2, 0) is 11.3 Å². The number of ether oxygens (including phenoxy) is 1. The molecule has 0 unspecified atom stereocenters. The first-order chi connectivity index (χ1) is 9.63. The molecule has 0 aliphatic carbocycles. The van der Waals surface area contributed by atoms with Crippen molar-refractivity contribution in [3.63, 3.8) is 0 Å². The lowest BCUT2D eigenvalue weighted by atomic mass is 10.1. The monoisotopic (exact) mass is 297 g/mol. The molecule has 0 bridgehead atoms. The Kier molecular flexibility index (Phi) is 5.11. The first-order valence-corrected chi connectivity index (χ1v) is 6.70. The first-order valence-electron chi connectivity index (χ1n) is 6.32. The number of rotatable bonds is 6. The second-order valence-electron chi connectivity index (χ2n) is 4.41. The lowest BCUT2D eigenvalue weighted by molar-refractivity contribution is 0.199. The average Bonchev–Trinajstić information content (AvgIpc) is 2.76. The molecule has 0 saturated heterocycles. The Labute approximate surface area is 122 Å². The Hall–Kier alpha value is -1.43. The van der Waals surface area contributed by atoms with Crippen LogP contribution in [0.3, 0.4) is 0 Å². The first kappa shape index (κ1) is 15.0. The van der Waals surface area contributed by atoms with E-state index in [0.29, 0.717) is 41.7 Å². The highest BCUT2D eigenvalue weighted by Gasteiger charge is 2.12. The average molecular weight is 298 g/mol. The molecule has 1 aromatic carbocycles. The summed E-state index contributed by atoms with van der Waals surface area (Å²) in [5.74, 6) is -0.267. The van der Waals surface area contributed by atoms with E-state index in [-0.39, 0.29) is 5.82 Å². The molecular weight excluding hydrogens is 281 g/mol. The van der Waals surface area contributed by atoms with Gasteiger partial charge in [-0.15, -0.1) is 0 Å². The van der Waals surface area contributed by atoms with Crippen molar-refractivity contribution in [1.29, 1.82) is 0 Å². The predicted octanol–water partition coefficient (Wildman–Crippen LogP) is 2.71. The minimum atomic E-state index is -0.267. The summed E-state index contributed by atoms with van der Waals surface area (Å²) in [4.78, 5) is 0. The number of hydrogen-bond acceptors (Lipinski definition) is 3. The minimum Gasteiger partial charge on any atom is -0.383 e. The Balaban J connectivity index is 2.26. The van der Waals surface area contributed by atoms with E-state index in [1.807, 2.05) is 13.0 Å². The van der Waals surface area contributed by atoms with Crippen molar-refractivity contribution >= 4 is 11.6 Å². The Morgan fingerprint density at radius 3 is 2.90 bits per heavy atom. The van der Waals surface area contributed by atoms with Crippen LogP contribution in [0.25, 0.3) is 5.69 Å². The second kappa shape index (κ2) is 6.83. The maximum atomic E-state index is 14.0. The maximum Gasteiger partial charge on any atom is 0.129 e. The summed E-state index contributed by atoms with van der Waals surface area (Å²) in [6.45, 7) is 3.45. The van der Waals surface area contributed by atoms with E-state index in [0.717, 1.165) is 0 Å². The summed E-state index contributed by atoms with van der Waals surface area (Å²) in [7, 11) is 1.63. The maximum absolute atomic E-state index is 14.0. The van der Waals surface area contributed by atoms with Crippen molar-refractivity contribution in [1.82, 2.24) is 15.1 Å². The molecule has 6 heteroatoms. The minimum absolute atomic E-state index is 0.267. The van der Waals surface area contributed by atoms with Gasteiger partial charge in [-0.05, 0) is 19.1 Å². The van der Waals surface area contributed by atoms with Gasteiger partial charge in [0.25, 0.3) is 0 Å². The molecule has 0 spiro atoms. The van der Waals surface area contributed by atoms with Crippen LogP contribution in [0, 0.1) is 12.7 Å². The van der Waals surface area contributed by atoms with Crippen molar-refractivity contribution in [3.05, 3.63) is 46.5 Å². The van der Waals surface area contributed by atoms with Crippen molar-refractivity contribution in [2.45, 2.75) is 13.5 Å². The molecule has 0 fully saturated rings. The van der Waals surface area contributed by atoms with E-state index in [2.05, 4.69) is 10.4 Å². The number of aryl methyl sites for hydroxylation is 1. The fraction of sp³-hybridized carbons (Fsp3) is 0.357. The summed E-state index contributed by atoms with van der Waals surface area (Å²) in [5, 5.41) is 7.99. The van der Waals surface area contributed by atoms with Crippen LogP contribution in [0.2, 0.25) is 5.02 Å². The van der Waals surface area contributed by atoms with Gasteiger partial charge in [0.1, 0.15) is 5.82 Å². The molecule has 0 aliphatic heterocycles. The third-order valence-corrected chi connectivity index (χ3v) is 3.34. The Morgan fingerprint density at radius 1 is 1.45 bits per heavy atom. The molecule has 1 heterocycles. The normalized spacial score (nSPS) is 11.0. The van der Waals surface area contributed by atoms with E-state index in [9.17, 15) is 4.39 Å². The van der Waals surface area contributed by atoms with Gasteiger partial charge >= 0.3 is 0 Å².